The summed E-state index contributed by atoms with van der Waals surface area (Å²) in [7, 11) is 0. The van der Waals surface area contributed by atoms with E-state index >= 15 is 0 Å². The van der Waals surface area contributed by atoms with Crippen LogP contribution in [-0.4, -0.2) is 10.1 Å². The van der Waals surface area contributed by atoms with Crippen molar-refractivity contribution in [2.45, 2.75) is 6.92 Å². The summed E-state index contributed by atoms with van der Waals surface area (Å²) in [6.07, 6.45) is 0. The van der Waals surface area contributed by atoms with E-state index < -0.39 is 4.92 Å². The van der Waals surface area contributed by atoms with Crippen molar-refractivity contribution in [3.05, 3.63) is 39.9 Å². The van der Waals surface area contributed by atoms with Crippen molar-refractivity contribution < 1.29 is 9.45 Å². The topological polar surface area (TPSA) is 95.2 Å². The lowest BCUT2D eigenvalue weighted by Crippen LogP contribution is -1.90. The Bertz CT molecular complexity index is 548. The Kier molecular flexibility index (Phi) is 2.32. The van der Waals surface area contributed by atoms with Gasteiger partial charge >= 0.3 is 0 Å². The van der Waals surface area contributed by atoms with Crippen molar-refractivity contribution in [3.8, 4) is 11.3 Å². The summed E-state index contributed by atoms with van der Waals surface area (Å²) >= 11 is 0. The van der Waals surface area contributed by atoms with Crippen LogP contribution in [0.5, 0.6) is 0 Å². The molecule has 1 aromatic heterocycles. The molecule has 6 heteroatoms. The van der Waals surface area contributed by atoms with Gasteiger partial charge in [0.15, 0.2) is 11.6 Å². The second-order valence-corrected chi connectivity index (χ2v) is 3.37. The highest BCUT2D eigenvalue weighted by Gasteiger charge is 2.13. The van der Waals surface area contributed by atoms with Gasteiger partial charge in [0.25, 0.3) is 5.69 Å². The monoisotopic (exact) mass is 219 g/mol. The Morgan fingerprint density at radius 2 is 2.19 bits per heavy atom. The van der Waals surface area contributed by atoms with E-state index in [0.717, 1.165) is 5.56 Å². The lowest BCUT2D eigenvalue weighted by Gasteiger charge is -2.00. The first-order valence-electron chi connectivity index (χ1n) is 4.55. The molecule has 0 saturated carbocycles. The molecule has 2 rings (SSSR count). The van der Waals surface area contributed by atoms with E-state index in [4.69, 9.17) is 10.3 Å². The summed E-state index contributed by atoms with van der Waals surface area (Å²) in [5, 5.41) is 14.2. The van der Waals surface area contributed by atoms with Gasteiger partial charge in [0, 0.05) is 23.8 Å². The molecule has 2 aromatic rings. The third kappa shape index (κ3) is 1.72. The lowest BCUT2D eigenvalue weighted by molar-refractivity contribution is -0.384. The van der Waals surface area contributed by atoms with Gasteiger partial charge < -0.3 is 10.3 Å². The summed E-state index contributed by atoms with van der Waals surface area (Å²) in [6.45, 7) is 1.83. The fourth-order valence-corrected chi connectivity index (χ4v) is 1.40. The van der Waals surface area contributed by atoms with Crippen LogP contribution in [0, 0.1) is 17.0 Å². The highest BCUT2D eigenvalue weighted by Crippen LogP contribution is 2.28. The van der Waals surface area contributed by atoms with E-state index in [9.17, 15) is 10.1 Å². The van der Waals surface area contributed by atoms with Crippen molar-refractivity contribution in [2.24, 2.45) is 0 Å². The second kappa shape index (κ2) is 3.65. The smallest absolute Gasteiger partial charge is 0.270 e. The normalized spacial score (nSPS) is 10.3. The summed E-state index contributed by atoms with van der Waals surface area (Å²) in [6, 6.07) is 6.08. The molecular formula is C10H9N3O3. The molecule has 0 saturated heterocycles. The Balaban J connectivity index is 2.55. The van der Waals surface area contributed by atoms with Crippen molar-refractivity contribution in [1.29, 1.82) is 0 Å². The minimum absolute atomic E-state index is 0.00979. The van der Waals surface area contributed by atoms with E-state index in [1.165, 1.54) is 18.2 Å². The molecule has 0 aliphatic heterocycles. The van der Waals surface area contributed by atoms with Crippen molar-refractivity contribution in [3.63, 3.8) is 0 Å². The zero-order valence-corrected chi connectivity index (χ0v) is 8.51. The predicted molar refractivity (Wildman–Crippen MR) is 57.7 cm³/mol. The highest BCUT2D eigenvalue weighted by molar-refractivity contribution is 5.66. The Morgan fingerprint density at radius 1 is 1.44 bits per heavy atom. The maximum atomic E-state index is 10.6. The minimum Gasteiger partial charge on any atom is -0.381 e. The van der Waals surface area contributed by atoms with Crippen LogP contribution in [0.4, 0.5) is 11.5 Å². The fraction of sp³-hybridized carbons (Fsp3) is 0.100. The number of benzene rings is 1. The lowest BCUT2D eigenvalue weighted by atomic mass is 10.1. The number of anilines is 1. The third-order valence-corrected chi connectivity index (χ3v) is 2.23. The molecule has 1 heterocycles. The second-order valence-electron chi connectivity index (χ2n) is 3.37. The van der Waals surface area contributed by atoms with Gasteiger partial charge in [-0.25, -0.2) is 0 Å². The van der Waals surface area contributed by atoms with Gasteiger partial charge in [-0.2, -0.15) is 0 Å². The first kappa shape index (κ1) is 10.2. The molecule has 0 aliphatic rings. The number of aromatic nitrogens is 1. The molecule has 6 nitrogen and oxygen atoms in total. The summed E-state index contributed by atoms with van der Waals surface area (Å²) in [4.78, 5) is 10.2. The zero-order valence-electron chi connectivity index (χ0n) is 8.51. The summed E-state index contributed by atoms with van der Waals surface area (Å²) in [5.74, 6) is 0.680. The van der Waals surface area contributed by atoms with Crippen LogP contribution in [-0.2, 0) is 0 Å². The molecule has 0 amide bonds. The number of nitrogen functional groups attached to an aromatic ring is 1. The Labute approximate surface area is 90.8 Å². The number of non-ortho nitro benzene ring substituents is 1. The van der Waals surface area contributed by atoms with Gasteiger partial charge in [0.2, 0.25) is 0 Å². The molecular weight excluding hydrogens is 210 g/mol. The Hall–Kier alpha value is -2.37. The van der Waals surface area contributed by atoms with Crippen molar-refractivity contribution >= 4 is 11.5 Å². The number of nitro groups is 1. The summed E-state index contributed by atoms with van der Waals surface area (Å²) < 4.78 is 4.97. The van der Waals surface area contributed by atoms with Gasteiger partial charge in [-0.3, -0.25) is 10.1 Å². The van der Waals surface area contributed by atoms with Crippen LogP contribution >= 0.6 is 0 Å². The summed E-state index contributed by atoms with van der Waals surface area (Å²) in [5.41, 5.74) is 6.92. The molecule has 0 spiro atoms. The average Bonchev–Trinajstić information content (AvgIpc) is 2.65. The van der Waals surface area contributed by atoms with E-state index in [1.807, 2.05) is 6.92 Å². The van der Waals surface area contributed by atoms with Gasteiger partial charge in [-0.15, -0.1) is 0 Å². The minimum atomic E-state index is -0.456. The molecule has 2 N–H and O–H groups in total. The third-order valence-electron chi connectivity index (χ3n) is 2.23. The molecule has 82 valence electrons. The van der Waals surface area contributed by atoms with Crippen LogP contribution in [0.1, 0.15) is 5.56 Å². The number of nitrogens with zero attached hydrogens (tertiary/aromatic N) is 2. The van der Waals surface area contributed by atoms with Gasteiger partial charge in [-0.1, -0.05) is 11.2 Å². The molecule has 0 fully saturated rings. The number of hydrogen-bond donors (Lipinski definition) is 1. The predicted octanol–water partition coefficient (Wildman–Crippen LogP) is 2.14. The maximum Gasteiger partial charge on any atom is 0.270 e. The highest BCUT2D eigenvalue weighted by atomic mass is 16.6. The zero-order chi connectivity index (χ0) is 11.7. The number of hydrogen-bond acceptors (Lipinski definition) is 5. The van der Waals surface area contributed by atoms with Crippen LogP contribution in [0.3, 0.4) is 0 Å². The molecule has 16 heavy (non-hydrogen) atoms. The molecule has 0 bridgehead atoms. The number of aryl methyl sites for hydroxylation is 1. The Morgan fingerprint density at radius 3 is 2.75 bits per heavy atom. The SMILES string of the molecule is Cc1ccc([N+](=O)[O-])cc1-c1cc(N)no1. The van der Waals surface area contributed by atoms with Gasteiger partial charge in [-0.05, 0) is 12.5 Å². The quantitative estimate of drug-likeness (QED) is 0.616. The largest absolute Gasteiger partial charge is 0.381 e. The molecule has 0 unspecified atom stereocenters. The van der Waals surface area contributed by atoms with Crippen molar-refractivity contribution in [2.75, 3.05) is 5.73 Å². The number of nitro benzene ring substituents is 1. The number of nitrogens with two attached hydrogens (primary N) is 1. The average molecular weight is 219 g/mol. The molecule has 0 aliphatic carbocycles. The maximum absolute atomic E-state index is 10.6. The first-order chi connectivity index (χ1) is 7.58. The molecule has 0 atom stereocenters. The van der Waals surface area contributed by atoms with Crippen LogP contribution in [0.15, 0.2) is 28.8 Å². The van der Waals surface area contributed by atoms with E-state index in [2.05, 4.69) is 5.16 Å². The van der Waals surface area contributed by atoms with E-state index in [-0.39, 0.29) is 11.5 Å². The van der Waals surface area contributed by atoms with Crippen molar-refractivity contribution in [1.82, 2.24) is 5.16 Å². The van der Waals surface area contributed by atoms with Crippen LogP contribution in [0.25, 0.3) is 11.3 Å². The van der Waals surface area contributed by atoms with Crippen LogP contribution < -0.4 is 5.73 Å². The van der Waals surface area contributed by atoms with Crippen LogP contribution in [0.2, 0.25) is 0 Å². The number of rotatable bonds is 2. The molecule has 0 radical (unpaired) electrons. The first-order valence-corrected chi connectivity index (χ1v) is 4.55. The standard InChI is InChI=1S/C10H9N3O3/c1-6-2-3-7(13(14)15)4-8(6)9-5-10(11)12-16-9/h2-5H,1H3,(H2,11,12). The fourth-order valence-electron chi connectivity index (χ4n) is 1.40. The molecule has 1 aromatic carbocycles. The van der Waals surface area contributed by atoms with Gasteiger partial charge in [0.1, 0.15) is 0 Å². The van der Waals surface area contributed by atoms with E-state index in [1.54, 1.807) is 6.07 Å². The van der Waals surface area contributed by atoms with Gasteiger partial charge in [0.05, 0.1) is 4.92 Å². The van der Waals surface area contributed by atoms with E-state index in [0.29, 0.717) is 11.3 Å².